The molecule has 74 valence electrons. The summed E-state index contributed by atoms with van der Waals surface area (Å²) >= 11 is 0. The van der Waals surface area contributed by atoms with Gasteiger partial charge in [-0.15, -0.1) is 0 Å². The summed E-state index contributed by atoms with van der Waals surface area (Å²) in [6, 6.07) is 5.88. The molecule has 0 N–H and O–H groups in total. The van der Waals surface area contributed by atoms with Gasteiger partial charge in [0.25, 0.3) is 5.69 Å². The van der Waals surface area contributed by atoms with Crippen LogP contribution in [0.4, 0.5) is 5.69 Å². The Bertz CT molecular complexity index is 449. The van der Waals surface area contributed by atoms with Crippen molar-refractivity contribution in [2.45, 2.75) is 0 Å². The van der Waals surface area contributed by atoms with E-state index in [1.54, 1.807) is 12.1 Å². The molecule has 0 aromatic heterocycles. The minimum Gasteiger partial charge on any atom is -0.299 e. The monoisotopic (exact) mass is 201 g/mol. The zero-order valence-corrected chi connectivity index (χ0v) is 7.71. The molecule has 4 heteroatoms. The first-order chi connectivity index (χ1) is 7.24. The van der Waals surface area contributed by atoms with Gasteiger partial charge < -0.3 is 0 Å². The first-order valence-corrected chi connectivity index (χ1v) is 4.10. The van der Waals surface area contributed by atoms with Gasteiger partial charge in [0, 0.05) is 17.7 Å². The topological polar surface area (TPSA) is 60.2 Å². The van der Waals surface area contributed by atoms with Gasteiger partial charge in [0.05, 0.1) is 4.92 Å². The second-order valence-electron chi connectivity index (χ2n) is 2.57. The molecule has 1 rings (SSSR count). The maximum Gasteiger partial charge on any atom is 0.269 e. The van der Waals surface area contributed by atoms with Gasteiger partial charge in [-0.05, 0) is 24.3 Å². The zero-order valence-electron chi connectivity index (χ0n) is 7.71. The predicted octanol–water partition coefficient (Wildman–Crippen LogP) is 1.70. The fourth-order valence-corrected chi connectivity index (χ4v) is 0.879. The first-order valence-electron chi connectivity index (χ1n) is 4.10. The van der Waals surface area contributed by atoms with Crippen LogP contribution in [0.25, 0.3) is 0 Å². The van der Waals surface area contributed by atoms with E-state index in [0.717, 1.165) is 0 Å². The number of rotatable bonds is 2. The Labute approximate surface area is 86.4 Å². The maximum absolute atomic E-state index is 10.3. The fraction of sp³-hybridized carbons (Fsp3) is 0. The van der Waals surface area contributed by atoms with Crippen molar-refractivity contribution in [1.29, 1.82) is 0 Å². The summed E-state index contributed by atoms with van der Waals surface area (Å²) < 4.78 is 0. The number of benzene rings is 1. The van der Waals surface area contributed by atoms with E-state index >= 15 is 0 Å². The van der Waals surface area contributed by atoms with Gasteiger partial charge in [-0.25, -0.2) is 0 Å². The smallest absolute Gasteiger partial charge is 0.269 e. The molecular formula is C11H7NO3. The molecule has 4 nitrogen and oxygen atoms in total. The summed E-state index contributed by atoms with van der Waals surface area (Å²) in [5, 5.41) is 10.3. The quantitative estimate of drug-likeness (QED) is 0.240. The number of non-ortho nitro benzene ring substituents is 1. The lowest BCUT2D eigenvalue weighted by molar-refractivity contribution is -0.384. The zero-order chi connectivity index (χ0) is 11.1. The van der Waals surface area contributed by atoms with Crippen LogP contribution in [0.15, 0.2) is 36.4 Å². The van der Waals surface area contributed by atoms with Crippen molar-refractivity contribution in [2.24, 2.45) is 0 Å². The Hall–Kier alpha value is -2.41. The summed E-state index contributed by atoms with van der Waals surface area (Å²) in [6.07, 6.45) is 3.32. The van der Waals surface area contributed by atoms with E-state index in [1.165, 1.54) is 24.3 Å². The Balaban J connectivity index is 2.79. The summed E-state index contributed by atoms with van der Waals surface area (Å²) in [4.78, 5) is 19.8. The van der Waals surface area contributed by atoms with Crippen molar-refractivity contribution in [3.8, 4) is 11.8 Å². The maximum atomic E-state index is 10.3. The third-order valence-electron chi connectivity index (χ3n) is 1.55. The largest absolute Gasteiger partial charge is 0.299 e. The summed E-state index contributed by atoms with van der Waals surface area (Å²) in [6.45, 7) is 0. The highest BCUT2D eigenvalue weighted by Crippen LogP contribution is 2.10. The van der Waals surface area contributed by atoms with Gasteiger partial charge in [-0.3, -0.25) is 14.9 Å². The Morgan fingerprint density at radius 1 is 1.27 bits per heavy atom. The van der Waals surface area contributed by atoms with Crippen LogP contribution in [0.3, 0.4) is 0 Å². The molecule has 0 bridgehead atoms. The third-order valence-corrected chi connectivity index (χ3v) is 1.55. The predicted molar refractivity (Wildman–Crippen MR) is 55.2 cm³/mol. The molecule has 0 radical (unpaired) electrons. The highest BCUT2D eigenvalue weighted by atomic mass is 16.6. The molecule has 1 aromatic carbocycles. The average Bonchev–Trinajstić information content (AvgIpc) is 2.25. The number of hydrogen-bond acceptors (Lipinski definition) is 3. The molecule has 0 amide bonds. The van der Waals surface area contributed by atoms with Crippen LogP contribution < -0.4 is 0 Å². The van der Waals surface area contributed by atoms with E-state index in [-0.39, 0.29) is 5.69 Å². The van der Waals surface area contributed by atoms with Crippen molar-refractivity contribution in [3.05, 3.63) is 52.1 Å². The Morgan fingerprint density at radius 2 is 1.93 bits per heavy atom. The van der Waals surface area contributed by atoms with Gasteiger partial charge >= 0.3 is 0 Å². The number of nitrogens with zero attached hydrogens (tertiary/aromatic N) is 1. The molecule has 0 aliphatic carbocycles. The number of nitro benzene ring substituents is 1. The van der Waals surface area contributed by atoms with Crippen LogP contribution in [-0.2, 0) is 4.79 Å². The van der Waals surface area contributed by atoms with Crippen LogP contribution in [0.2, 0.25) is 0 Å². The molecule has 0 atom stereocenters. The molecule has 15 heavy (non-hydrogen) atoms. The molecule has 0 fully saturated rings. The van der Waals surface area contributed by atoms with E-state index in [9.17, 15) is 14.9 Å². The molecule has 0 saturated carbocycles. The summed E-state index contributed by atoms with van der Waals surface area (Å²) in [7, 11) is 0. The Kier molecular flexibility index (Phi) is 3.80. The molecule has 1 aromatic rings. The lowest BCUT2D eigenvalue weighted by atomic mass is 10.2. The fourth-order valence-electron chi connectivity index (χ4n) is 0.879. The number of carbonyl (C=O) groups excluding carboxylic acids is 1. The van der Waals surface area contributed by atoms with Gasteiger partial charge in [0.2, 0.25) is 0 Å². The second kappa shape index (κ2) is 5.35. The SMILES string of the molecule is O=C/C=C\C#Cc1ccc([N+](=O)[O-])cc1. The van der Waals surface area contributed by atoms with E-state index in [0.29, 0.717) is 11.8 Å². The van der Waals surface area contributed by atoms with E-state index < -0.39 is 4.92 Å². The van der Waals surface area contributed by atoms with Crippen LogP contribution >= 0.6 is 0 Å². The summed E-state index contributed by atoms with van der Waals surface area (Å²) in [5.41, 5.74) is 0.695. The number of nitro groups is 1. The lowest BCUT2D eigenvalue weighted by Crippen LogP contribution is -1.86. The summed E-state index contributed by atoms with van der Waals surface area (Å²) in [5.74, 6) is 5.35. The van der Waals surface area contributed by atoms with Gasteiger partial charge in [-0.2, -0.15) is 0 Å². The molecule has 0 aliphatic heterocycles. The highest BCUT2D eigenvalue weighted by molar-refractivity contribution is 5.65. The van der Waals surface area contributed by atoms with Crippen molar-refractivity contribution in [3.63, 3.8) is 0 Å². The number of aldehydes is 1. The first kappa shape index (κ1) is 10.7. The second-order valence-corrected chi connectivity index (χ2v) is 2.57. The van der Waals surface area contributed by atoms with Gasteiger partial charge in [-0.1, -0.05) is 11.8 Å². The van der Waals surface area contributed by atoms with E-state index in [1.807, 2.05) is 0 Å². The van der Waals surface area contributed by atoms with E-state index in [2.05, 4.69) is 11.8 Å². The van der Waals surface area contributed by atoms with Crippen LogP contribution in [0.5, 0.6) is 0 Å². The van der Waals surface area contributed by atoms with Gasteiger partial charge in [0.15, 0.2) is 0 Å². The molecule has 0 saturated heterocycles. The van der Waals surface area contributed by atoms with Gasteiger partial charge in [0.1, 0.15) is 6.29 Å². The van der Waals surface area contributed by atoms with Crippen molar-refractivity contribution < 1.29 is 9.72 Å². The molecule has 0 aliphatic rings. The lowest BCUT2D eigenvalue weighted by Gasteiger charge is -1.90. The minimum atomic E-state index is -0.469. The van der Waals surface area contributed by atoms with E-state index in [4.69, 9.17) is 0 Å². The molecular weight excluding hydrogens is 194 g/mol. The van der Waals surface area contributed by atoms with Crippen LogP contribution in [-0.4, -0.2) is 11.2 Å². The minimum absolute atomic E-state index is 0.0315. The Morgan fingerprint density at radius 3 is 2.47 bits per heavy atom. The molecule has 0 heterocycles. The number of hydrogen-bond donors (Lipinski definition) is 0. The molecule has 0 spiro atoms. The average molecular weight is 201 g/mol. The van der Waals surface area contributed by atoms with Crippen molar-refractivity contribution in [1.82, 2.24) is 0 Å². The third kappa shape index (κ3) is 3.44. The standard InChI is InChI=1S/C11H7NO3/c13-9-3-1-2-4-10-5-7-11(8-6-10)12(14)15/h1,3,5-9H/b3-1-. The van der Waals surface area contributed by atoms with Crippen LogP contribution in [0.1, 0.15) is 5.56 Å². The van der Waals surface area contributed by atoms with Crippen molar-refractivity contribution in [2.75, 3.05) is 0 Å². The van der Waals surface area contributed by atoms with Crippen molar-refractivity contribution >= 4 is 12.0 Å². The number of allylic oxidation sites excluding steroid dienone is 2. The van der Waals surface area contributed by atoms with Crippen LogP contribution in [0, 0.1) is 22.0 Å². The number of carbonyl (C=O) groups is 1. The molecule has 0 unspecified atom stereocenters. The highest BCUT2D eigenvalue weighted by Gasteiger charge is 2.01. The normalized spacial score (nSPS) is 9.33.